The van der Waals surface area contributed by atoms with Crippen molar-refractivity contribution in [3.63, 3.8) is 0 Å². The van der Waals surface area contributed by atoms with Gasteiger partial charge in [-0.05, 0) is 31.3 Å². The molecule has 1 heteroatoms. The van der Waals surface area contributed by atoms with Crippen molar-refractivity contribution >= 4 is 0 Å². The fraction of sp³-hybridized carbons (Fsp3) is 0.556. The minimum Gasteiger partial charge on any atom is -0.232 e. The Morgan fingerprint density at radius 1 is 1.20 bits per heavy atom. The first kappa shape index (κ1) is 7.55. The van der Waals surface area contributed by atoms with Crippen LogP contribution in [-0.2, 0) is 5.11 Å². The van der Waals surface area contributed by atoms with Crippen LogP contribution in [0.25, 0.3) is 0 Å². The lowest BCUT2D eigenvalue weighted by Gasteiger charge is -2.02. The summed E-state index contributed by atoms with van der Waals surface area (Å²) >= 11 is 0. The minimum absolute atomic E-state index is 0.00611. The predicted octanol–water partition coefficient (Wildman–Crippen LogP) is 2.47. The molecule has 1 radical (unpaired) electrons. The lowest BCUT2D eigenvalue weighted by molar-refractivity contribution is 0.220. The van der Waals surface area contributed by atoms with E-state index in [0.717, 1.165) is 31.3 Å². The van der Waals surface area contributed by atoms with Gasteiger partial charge in [0, 0.05) is 0 Å². The summed E-state index contributed by atoms with van der Waals surface area (Å²) in [7, 11) is 0. The molecule has 0 atom stereocenters. The van der Waals surface area contributed by atoms with Crippen LogP contribution in [0.15, 0.2) is 23.8 Å². The summed E-state index contributed by atoms with van der Waals surface area (Å²) in [6.07, 6.45) is 10.6. The van der Waals surface area contributed by atoms with Gasteiger partial charge in [-0.25, -0.2) is 5.11 Å². The molecule has 0 bridgehead atoms. The van der Waals surface area contributed by atoms with Gasteiger partial charge in [0.05, 0.1) is 0 Å². The SMILES string of the molecule is [O]CC1=CCCC=CCC1. The molecule has 0 heterocycles. The zero-order valence-electron chi connectivity index (χ0n) is 6.18. The zero-order valence-corrected chi connectivity index (χ0v) is 6.18. The number of hydrogen-bond acceptors (Lipinski definition) is 0. The molecule has 0 fully saturated rings. The Kier molecular flexibility index (Phi) is 3.23. The van der Waals surface area contributed by atoms with Crippen LogP contribution in [0.3, 0.4) is 0 Å². The second kappa shape index (κ2) is 4.29. The molecule has 0 unspecified atom stereocenters. The number of allylic oxidation sites excluding steroid dienone is 3. The molecule has 0 spiro atoms. The molecule has 0 saturated carbocycles. The molecule has 0 saturated heterocycles. The van der Waals surface area contributed by atoms with Gasteiger partial charge in [-0.1, -0.05) is 18.2 Å². The van der Waals surface area contributed by atoms with Crippen molar-refractivity contribution in [1.29, 1.82) is 0 Å². The normalized spacial score (nSPS) is 19.5. The summed E-state index contributed by atoms with van der Waals surface area (Å²) in [6.45, 7) is -0.00611. The van der Waals surface area contributed by atoms with Crippen molar-refractivity contribution in [2.45, 2.75) is 25.7 Å². The first-order valence-electron chi connectivity index (χ1n) is 3.84. The van der Waals surface area contributed by atoms with Crippen LogP contribution in [-0.4, -0.2) is 6.61 Å². The van der Waals surface area contributed by atoms with E-state index in [1.165, 1.54) is 0 Å². The van der Waals surface area contributed by atoms with E-state index >= 15 is 0 Å². The summed E-state index contributed by atoms with van der Waals surface area (Å²) in [5.41, 5.74) is 1.09. The highest BCUT2D eigenvalue weighted by molar-refractivity contribution is 5.06. The predicted molar refractivity (Wildman–Crippen MR) is 41.2 cm³/mol. The van der Waals surface area contributed by atoms with Crippen LogP contribution in [0.5, 0.6) is 0 Å². The molecule has 10 heavy (non-hydrogen) atoms. The third-order valence-corrected chi connectivity index (χ3v) is 1.75. The lowest BCUT2D eigenvalue weighted by Crippen LogP contribution is -1.90. The van der Waals surface area contributed by atoms with Crippen LogP contribution in [0.4, 0.5) is 0 Å². The third-order valence-electron chi connectivity index (χ3n) is 1.75. The first-order valence-corrected chi connectivity index (χ1v) is 3.84. The van der Waals surface area contributed by atoms with Crippen molar-refractivity contribution < 1.29 is 5.11 Å². The van der Waals surface area contributed by atoms with Gasteiger partial charge in [-0.3, -0.25) is 0 Å². The van der Waals surface area contributed by atoms with Gasteiger partial charge < -0.3 is 0 Å². The monoisotopic (exact) mass is 137 g/mol. The summed E-state index contributed by atoms with van der Waals surface area (Å²) in [4.78, 5) is 0. The molecule has 0 aromatic carbocycles. The largest absolute Gasteiger partial charge is 0.232 e. The Morgan fingerprint density at radius 2 is 2.00 bits per heavy atom. The summed E-state index contributed by atoms with van der Waals surface area (Å²) < 4.78 is 0. The molecular weight excluding hydrogens is 124 g/mol. The van der Waals surface area contributed by atoms with Crippen LogP contribution < -0.4 is 0 Å². The lowest BCUT2D eigenvalue weighted by atomic mass is 10.1. The van der Waals surface area contributed by atoms with Gasteiger partial charge >= 0.3 is 0 Å². The number of hydrogen-bond donors (Lipinski definition) is 0. The minimum atomic E-state index is -0.00611. The maximum atomic E-state index is 10.5. The highest BCUT2D eigenvalue weighted by Crippen LogP contribution is 2.11. The highest BCUT2D eigenvalue weighted by atomic mass is 16.3. The quantitative estimate of drug-likeness (QED) is 0.495. The standard InChI is InChI=1S/C9H13O/c10-8-9-6-4-2-1-3-5-7-9/h1-2,7H,3-6,8H2. The van der Waals surface area contributed by atoms with Gasteiger partial charge in [0.15, 0.2) is 0 Å². The molecule has 1 aliphatic rings. The molecule has 1 aliphatic carbocycles. The van der Waals surface area contributed by atoms with Crippen LogP contribution in [0.1, 0.15) is 25.7 Å². The van der Waals surface area contributed by atoms with Gasteiger partial charge in [0.2, 0.25) is 0 Å². The summed E-state index contributed by atoms with van der Waals surface area (Å²) in [5.74, 6) is 0. The molecule has 0 aromatic rings. The Labute approximate surface area is 62.1 Å². The summed E-state index contributed by atoms with van der Waals surface area (Å²) in [6, 6.07) is 0. The van der Waals surface area contributed by atoms with Crippen LogP contribution in [0.2, 0.25) is 0 Å². The van der Waals surface area contributed by atoms with E-state index in [0.29, 0.717) is 0 Å². The van der Waals surface area contributed by atoms with Crippen LogP contribution in [0, 0.1) is 0 Å². The van der Waals surface area contributed by atoms with Gasteiger partial charge in [0.25, 0.3) is 0 Å². The molecule has 0 N–H and O–H groups in total. The van der Waals surface area contributed by atoms with Crippen molar-refractivity contribution in [2.24, 2.45) is 0 Å². The molecule has 0 aliphatic heterocycles. The maximum Gasteiger partial charge on any atom is 0.103 e. The Hall–Kier alpha value is -0.560. The molecule has 0 aromatic heterocycles. The molecule has 55 valence electrons. The zero-order chi connectivity index (χ0) is 7.23. The van der Waals surface area contributed by atoms with Crippen molar-refractivity contribution in [1.82, 2.24) is 0 Å². The summed E-state index contributed by atoms with van der Waals surface area (Å²) in [5, 5.41) is 10.5. The van der Waals surface area contributed by atoms with Crippen molar-refractivity contribution in [2.75, 3.05) is 6.61 Å². The average Bonchev–Trinajstić information content (AvgIpc) is 1.87. The fourth-order valence-corrected chi connectivity index (χ4v) is 1.12. The Morgan fingerprint density at radius 3 is 2.80 bits per heavy atom. The van der Waals surface area contributed by atoms with Crippen molar-refractivity contribution in [3.05, 3.63) is 23.8 Å². The van der Waals surface area contributed by atoms with E-state index in [4.69, 9.17) is 0 Å². The fourth-order valence-electron chi connectivity index (χ4n) is 1.12. The van der Waals surface area contributed by atoms with E-state index in [-0.39, 0.29) is 6.61 Å². The molecule has 0 amide bonds. The molecule has 1 rings (SSSR count). The van der Waals surface area contributed by atoms with E-state index in [2.05, 4.69) is 18.2 Å². The molecule has 1 nitrogen and oxygen atoms in total. The van der Waals surface area contributed by atoms with Crippen LogP contribution >= 0.6 is 0 Å². The smallest absolute Gasteiger partial charge is 0.103 e. The van der Waals surface area contributed by atoms with Gasteiger partial charge in [-0.15, -0.1) is 0 Å². The van der Waals surface area contributed by atoms with Gasteiger partial charge in [-0.2, -0.15) is 0 Å². The second-order valence-electron chi connectivity index (χ2n) is 2.59. The Balaban J connectivity index is 2.41. The average molecular weight is 137 g/mol. The highest BCUT2D eigenvalue weighted by Gasteiger charge is 1.96. The van der Waals surface area contributed by atoms with E-state index in [1.54, 1.807) is 0 Å². The van der Waals surface area contributed by atoms with E-state index in [1.807, 2.05) is 0 Å². The number of rotatable bonds is 1. The molecular formula is C9H13O. The van der Waals surface area contributed by atoms with Crippen molar-refractivity contribution in [3.8, 4) is 0 Å². The van der Waals surface area contributed by atoms with E-state index in [9.17, 15) is 5.11 Å². The second-order valence-corrected chi connectivity index (χ2v) is 2.59. The maximum absolute atomic E-state index is 10.5. The van der Waals surface area contributed by atoms with Gasteiger partial charge in [0.1, 0.15) is 6.61 Å². The Bertz CT molecular complexity index is 145. The van der Waals surface area contributed by atoms with E-state index < -0.39 is 0 Å². The topological polar surface area (TPSA) is 19.9 Å². The third kappa shape index (κ3) is 2.36. The first-order chi connectivity index (χ1) is 4.93.